The predicted octanol–water partition coefficient (Wildman–Crippen LogP) is 2.58. The Balaban J connectivity index is 2.08. The average molecular weight is 283 g/mol. The Morgan fingerprint density at radius 2 is 2.19 bits per heavy atom. The number of carbonyl (C=O) groups is 1. The van der Waals surface area contributed by atoms with Gasteiger partial charge in [0.05, 0.1) is 12.1 Å². The SMILES string of the molecule is Cn1nccc1/C=C(\CC(=O)O)c1nc2ccccc2o1. The first-order valence-corrected chi connectivity index (χ1v) is 6.40. The normalized spacial score (nSPS) is 12.0. The minimum Gasteiger partial charge on any atom is -0.481 e. The highest BCUT2D eigenvalue weighted by Gasteiger charge is 2.14. The fourth-order valence-corrected chi connectivity index (χ4v) is 2.07. The van der Waals surface area contributed by atoms with Crippen molar-refractivity contribution >= 4 is 28.7 Å². The topological polar surface area (TPSA) is 81.2 Å². The van der Waals surface area contributed by atoms with Crippen molar-refractivity contribution in [2.75, 3.05) is 0 Å². The number of aromatic nitrogens is 3. The Kier molecular flexibility index (Phi) is 3.27. The molecule has 0 aliphatic carbocycles. The third kappa shape index (κ3) is 2.69. The minimum atomic E-state index is -0.939. The number of rotatable bonds is 4. The van der Waals surface area contributed by atoms with Crippen molar-refractivity contribution in [3.05, 3.63) is 48.1 Å². The fraction of sp³-hybridized carbons (Fsp3) is 0.133. The summed E-state index contributed by atoms with van der Waals surface area (Å²) in [6.07, 6.45) is 3.21. The number of aryl methyl sites for hydroxylation is 1. The summed E-state index contributed by atoms with van der Waals surface area (Å²) < 4.78 is 7.30. The number of fused-ring (bicyclic) bond motifs is 1. The van der Waals surface area contributed by atoms with E-state index in [1.807, 2.05) is 18.2 Å². The highest BCUT2D eigenvalue weighted by molar-refractivity contribution is 5.90. The van der Waals surface area contributed by atoms with Gasteiger partial charge in [-0.1, -0.05) is 12.1 Å². The minimum absolute atomic E-state index is 0.169. The molecule has 1 aromatic carbocycles. The van der Waals surface area contributed by atoms with Crippen molar-refractivity contribution in [1.29, 1.82) is 0 Å². The molecule has 0 saturated carbocycles. The molecule has 0 saturated heterocycles. The molecule has 3 aromatic rings. The van der Waals surface area contributed by atoms with Gasteiger partial charge in [-0.2, -0.15) is 5.10 Å². The summed E-state index contributed by atoms with van der Waals surface area (Å²) in [6, 6.07) is 9.12. The van der Waals surface area contributed by atoms with Crippen LogP contribution in [-0.2, 0) is 11.8 Å². The van der Waals surface area contributed by atoms with E-state index in [2.05, 4.69) is 10.1 Å². The van der Waals surface area contributed by atoms with Crippen molar-refractivity contribution in [2.24, 2.45) is 7.05 Å². The lowest BCUT2D eigenvalue weighted by atomic mass is 10.1. The van der Waals surface area contributed by atoms with Crippen molar-refractivity contribution in [2.45, 2.75) is 6.42 Å². The number of nitrogens with zero attached hydrogens (tertiary/aromatic N) is 3. The second-order valence-corrected chi connectivity index (χ2v) is 4.61. The summed E-state index contributed by atoms with van der Waals surface area (Å²) in [7, 11) is 1.79. The number of benzene rings is 1. The van der Waals surface area contributed by atoms with Gasteiger partial charge in [0, 0.05) is 18.8 Å². The number of carboxylic acid groups (broad SMARTS) is 1. The van der Waals surface area contributed by atoms with Crippen LogP contribution in [0.15, 0.2) is 40.9 Å². The second-order valence-electron chi connectivity index (χ2n) is 4.61. The third-order valence-electron chi connectivity index (χ3n) is 3.09. The maximum absolute atomic E-state index is 11.1. The van der Waals surface area contributed by atoms with Gasteiger partial charge in [-0.15, -0.1) is 0 Å². The van der Waals surface area contributed by atoms with Crippen LogP contribution in [0, 0.1) is 0 Å². The van der Waals surface area contributed by atoms with E-state index in [-0.39, 0.29) is 6.42 Å². The molecule has 3 rings (SSSR count). The van der Waals surface area contributed by atoms with E-state index in [9.17, 15) is 4.79 Å². The van der Waals surface area contributed by atoms with Gasteiger partial charge in [0.2, 0.25) is 5.89 Å². The van der Waals surface area contributed by atoms with Gasteiger partial charge in [0.1, 0.15) is 5.52 Å². The maximum atomic E-state index is 11.1. The van der Waals surface area contributed by atoms with Crippen LogP contribution in [0.2, 0.25) is 0 Å². The van der Waals surface area contributed by atoms with Crippen molar-refractivity contribution in [3.63, 3.8) is 0 Å². The molecule has 0 radical (unpaired) electrons. The summed E-state index contributed by atoms with van der Waals surface area (Å²) in [4.78, 5) is 15.4. The van der Waals surface area contributed by atoms with Crippen LogP contribution in [0.5, 0.6) is 0 Å². The zero-order chi connectivity index (χ0) is 14.8. The molecule has 0 aliphatic rings. The van der Waals surface area contributed by atoms with E-state index in [4.69, 9.17) is 9.52 Å². The highest BCUT2D eigenvalue weighted by atomic mass is 16.4. The van der Waals surface area contributed by atoms with Crippen molar-refractivity contribution in [3.8, 4) is 0 Å². The van der Waals surface area contributed by atoms with Gasteiger partial charge in [-0.05, 0) is 24.3 Å². The van der Waals surface area contributed by atoms with E-state index in [1.54, 1.807) is 36.1 Å². The fourth-order valence-electron chi connectivity index (χ4n) is 2.07. The Bertz CT molecular complexity index is 796. The van der Waals surface area contributed by atoms with Crippen LogP contribution in [0.3, 0.4) is 0 Å². The van der Waals surface area contributed by atoms with Gasteiger partial charge < -0.3 is 9.52 Å². The van der Waals surface area contributed by atoms with Gasteiger partial charge in [0.25, 0.3) is 0 Å². The molecule has 6 heteroatoms. The zero-order valence-corrected chi connectivity index (χ0v) is 11.4. The maximum Gasteiger partial charge on any atom is 0.308 e. The van der Waals surface area contributed by atoms with E-state index >= 15 is 0 Å². The number of hydrogen-bond donors (Lipinski definition) is 1. The zero-order valence-electron chi connectivity index (χ0n) is 11.4. The number of hydrogen-bond acceptors (Lipinski definition) is 4. The molecule has 106 valence electrons. The third-order valence-corrected chi connectivity index (χ3v) is 3.09. The Hall–Kier alpha value is -2.89. The van der Waals surface area contributed by atoms with E-state index in [0.29, 0.717) is 22.6 Å². The number of para-hydroxylation sites is 2. The first-order valence-electron chi connectivity index (χ1n) is 6.40. The van der Waals surface area contributed by atoms with Crippen molar-refractivity contribution in [1.82, 2.24) is 14.8 Å². The van der Waals surface area contributed by atoms with Gasteiger partial charge >= 0.3 is 5.97 Å². The molecular weight excluding hydrogens is 270 g/mol. The van der Waals surface area contributed by atoms with Crippen LogP contribution >= 0.6 is 0 Å². The molecule has 21 heavy (non-hydrogen) atoms. The lowest BCUT2D eigenvalue weighted by Crippen LogP contribution is -1.99. The standard InChI is InChI=1S/C15H13N3O3/c1-18-11(6-7-16-18)8-10(9-14(19)20)15-17-12-4-2-3-5-13(12)21-15/h2-8H,9H2,1H3,(H,19,20)/b10-8+. The smallest absolute Gasteiger partial charge is 0.308 e. The molecular formula is C15H13N3O3. The summed E-state index contributed by atoms with van der Waals surface area (Å²) in [6.45, 7) is 0. The molecule has 0 atom stereocenters. The highest BCUT2D eigenvalue weighted by Crippen LogP contribution is 2.25. The molecule has 0 amide bonds. The van der Waals surface area contributed by atoms with Crippen LogP contribution in [0.1, 0.15) is 18.0 Å². The lowest BCUT2D eigenvalue weighted by molar-refractivity contribution is -0.135. The number of aliphatic carboxylic acids is 1. The van der Waals surface area contributed by atoms with E-state index in [1.165, 1.54) is 0 Å². The van der Waals surface area contributed by atoms with Gasteiger partial charge in [-0.25, -0.2) is 4.98 Å². The van der Waals surface area contributed by atoms with Crippen LogP contribution in [0.25, 0.3) is 22.7 Å². The largest absolute Gasteiger partial charge is 0.481 e. The van der Waals surface area contributed by atoms with Crippen LogP contribution in [0.4, 0.5) is 0 Å². The Labute approximate surface area is 120 Å². The average Bonchev–Trinajstić information content (AvgIpc) is 3.04. The quantitative estimate of drug-likeness (QED) is 0.795. The summed E-state index contributed by atoms with van der Waals surface area (Å²) in [5.41, 5.74) is 2.62. The Morgan fingerprint density at radius 1 is 1.38 bits per heavy atom. The molecule has 0 spiro atoms. The van der Waals surface area contributed by atoms with E-state index in [0.717, 1.165) is 5.69 Å². The van der Waals surface area contributed by atoms with E-state index < -0.39 is 5.97 Å². The molecule has 0 fully saturated rings. The number of oxazole rings is 1. The summed E-state index contributed by atoms with van der Waals surface area (Å²) >= 11 is 0. The van der Waals surface area contributed by atoms with Gasteiger partial charge in [-0.3, -0.25) is 9.48 Å². The predicted molar refractivity (Wildman–Crippen MR) is 77.3 cm³/mol. The Morgan fingerprint density at radius 3 is 2.86 bits per heavy atom. The lowest BCUT2D eigenvalue weighted by Gasteiger charge is -2.01. The second kappa shape index (κ2) is 5.24. The first-order chi connectivity index (χ1) is 10.1. The summed E-state index contributed by atoms with van der Waals surface area (Å²) in [5.74, 6) is -0.620. The molecule has 6 nitrogen and oxygen atoms in total. The monoisotopic (exact) mass is 283 g/mol. The van der Waals surface area contributed by atoms with Crippen molar-refractivity contribution < 1.29 is 14.3 Å². The van der Waals surface area contributed by atoms with Gasteiger partial charge in [0.15, 0.2) is 5.58 Å². The molecule has 1 N–H and O–H groups in total. The molecule has 2 heterocycles. The number of carboxylic acids is 1. The van der Waals surface area contributed by atoms with Crippen LogP contribution < -0.4 is 0 Å². The summed E-state index contributed by atoms with van der Waals surface area (Å²) in [5, 5.41) is 13.1. The molecule has 0 bridgehead atoms. The molecule has 0 aliphatic heterocycles. The van der Waals surface area contributed by atoms with Crippen LogP contribution in [-0.4, -0.2) is 25.8 Å². The molecule has 2 aromatic heterocycles. The first kappa shape index (κ1) is 13.1. The molecule has 0 unspecified atom stereocenters.